The van der Waals surface area contributed by atoms with Crippen LogP contribution in [-0.2, 0) is 0 Å². The fraction of sp³-hybridized carbons (Fsp3) is 0.438. The van der Waals surface area contributed by atoms with Crippen molar-refractivity contribution in [2.24, 2.45) is 5.73 Å². The van der Waals surface area contributed by atoms with E-state index >= 15 is 0 Å². The van der Waals surface area contributed by atoms with Gasteiger partial charge in [0.15, 0.2) is 0 Å². The highest BCUT2D eigenvalue weighted by molar-refractivity contribution is 5.96. The number of nitrogens with zero attached hydrogens (tertiary/aromatic N) is 1. The van der Waals surface area contributed by atoms with Crippen molar-refractivity contribution < 1.29 is 9.90 Å². The van der Waals surface area contributed by atoms with Gasteiger partial charge in [-0.15, -0.1) is 0 Å². The summed E-state index contributed by atoms with van der Waals surface area (Å²) >= 11 is 0. The van der Waals surface area contributed by atoms with Gasteiger partial charge in [0.1, 0.15) is 0 Å². The van der Waals surface area contributed by atoms with Crippen LogP contribution < -0.4 is 5.73 Å². The number of hydrogen-bond acceptors (Lipinski definition) is 3. The second kappa shape index (κ2) is 8.36. The number of rotatable bonds is 5. The molecular weight excluding hydrogens is 252 g/mol. The first kappa shape index (κ1) is 16.2. The van der Waals surface area contributed by atoms with E-state index < -0.39 is 0 Å². The predicted octanol–water partition coefficient (Wildman–Crippen LogP) is 1.15. The topological polar surface area (TPSA) is 66.6 Å². The lowest BCUT2D eigenvalue weighted by Crippen LogP contribution is -2.34. The molecule has 0 radical (unpaired) electrons. The molecule has 1 rings (SSSR count). The standard InChI is InChI=1S/C16H22N2O2/c1-3-9-18(10-11-19)16(20)15-12-14(5-4-8-17)7-6-13(15)2/h6-7,12,19H,3,8-11,17H2,1-2H3. The van der Waals surface area contributed by atoms with Crippen molar-refractivity contribution >= 4 is 5.91 Å². The highest BCUT2D eigenvalue weighted by Crippen LogP contribution is 2.14. The average Bonchev–Trinajstić information content (AvgIpc) is 2.45. The Labute approximate surface area is 120 Å². The summed E-state index contributed by atoms with van der Waals surface area (Å²) in [7, 11) is 0. The number of amides is 1. The van der Waals surface area contributed by atoms with Crippen LogP contribution in [0.2, 0.25) is 0 Å². The summed E-state index contributed by atoms with van der Waals surface area (Å²) in [5.74, 6) is 5.66. The molecule has 4 heteroatoms. The molecule has 1 aromatic carbocycles. The molecule has 0 aromatic heterocycles. The van der Waals surface area contributed by atoms with Crippen molar-refractivity contribution in [2.45, 2.75) is 20.3 Å². The molecule has 0 spiro atoms. The lowest BCUT2D eigenvalue weighted by Gasteiger charge is -2.22. The number of benzene rings is 1. The number of aliphatic hydroxyl groups excluding tert-OH is 1. The number of hydrogen-bond donors (Lipinski definition) is 2. The van der Waals surface area contributed by atoms with Crippen molar-refractivity contribution in [2.75, 3.05) is 26.2 Å². The van der Waals surface area contributed by atoms with Crippen LogP contribution in [-0.4, -0.2) is 42.2 Å². The van der Waals surface area contributed by atoms with E-state index in [0.29, 0.717) is 25.2 Å². The van der Waals surface area contributed by atoms with Gasteiger partial charge in [0, 0.05) is 24.2 Å². The molecule has 0 aliphatic carbocycles. The van der Waals surface area contributed by atoms with E-state index in [1.165, 1.54) is 0 Å². The first-order valence-corrected chi connectivity index (χ1v) is 6.83. The molecule has 0 bridgehead atoms. The molecule has 108 valence electrons. The van der Waals surface area contributed by atoms with Gasteiger partial charge < -0.3 is 15.7 Å². The monoisotopic (exact) mass is 274 g/mol. The SMILES string of the molecule is CCCN(CCO)C(=O)c1cc(C#CCN)ccc1C. The first-order valence-electron chi connectivity index (χ1n) is 6.83. The van der Waals surface area contributed by atoms with Gasteiger partial charge in [-0.25, -0.2) is 0 Å². The molecule has 0 fully saturated rings. The van der Waals surface area contributed by atoms with Gasteiger partial charge in [-0.2, -0.15) is 0 Å². The van der Waals surface area contributed by atoms with Gasteiger partial charge in [-0.3, -0.25) is 4.79 Å². The fourth-order valence-electron chi connectivity index (χ4n) is 1.96. The average molecular weight is 274 g/mol. The van der Waals surface area contributed by atoms with Gasteiger partial charge in [-0.05, 0) is 31.0 Å². The minimum absolute atomic E-state index is 0.0303. The summed E-state index contributed by atoms with van der Waals surface area (Å²) in [4.78, 5) is 14.2. The number of carbonyl (C=O) groups is 1. The predicted molar refractivity (Wildman–Crippen MR) is 80.4 cm³/mol. The summed E-state index contributed by atoms with van der Waals surface area (Å²) in [6, 6.07) is 5.56. The zero-order chi connectivity index (χ0) is 15.0. The molecule has 1 aromatic rings. The maximum absolute atomic E-state index is 12.5. The van der Waals surface area contributed by atoms with E-state index in [0.717, 1.165) is 17.5 Å². The molecule has 20 heavy (non-hydrogen) atoms. The quantitative estimate of drug-likeness (QED) is 0.792. The summed E-state index contributed by atoms with van der Waals surface area (Å²) in [6.45, 7) is 5.16. The second-order valence-electron chi connectivity index (χ2n) is 4.55. The smallest absolute Gasteiger partial charge is 0.254 e. The van der Waals surface area contributed by atoms with E-state index in [2.05, 4.69) is 11.8 Å². The molecule has 3 N–H and O–H groups in total. The lowest BCUT2D eigenvalue weighted by atomic mass is 10.0. The maximum Gasteiger partial charge on any atom is 0.254 e. The van der Waals surface area contributed by atoms with E-state index in [1.54, 1.807) is 11.0 Å². The van der Waals surface area contributed by atoms with Gasteiger partial charge in [-0.1, -0.05) is 24.8 Å². The minimum atomic E-state index is -0.0604. The maximum atomic E-state index is 12.5. The summed E-state index contributed by atoms with van der Waals surface area (Å²) < 4.78 is 0. The third kappa shape index (κ3) is 4.37. The molecule has 0 aliphatic heterocycles. The van der Waals surface area contributed by atoms with Crippen LogP contribution in [0.15, 0.2) is 18.2 Å². The molecule has 0 atom stereocenters. The highest BCUT2D eigenvalue weighted by Gasteiger charge is 2.16. The van der Waals surface area contributed by atoms with Gasteiger partial charge >= 0.3 is 0 Å². The fourth-order valence-corrected chi connectivity index (χ4v) is 1.96. The third-order valence-electron chi connectivity index (χ3n) is 2.95. The van der Waals surface area contributed by atoms with E-state index in [9.17, 15) is 4.79 Å². The molecule has 1 amide bonds. The zero-order valence-electron chi connectivity index (χ0n) is 12.1. The van der Waals surface area contributed by atoms with Crippen LogP contribution in [0.3, 0.4) is 0 Å². The number of aliphatic hydroxyl groups is 1. The Kier molecular flexibility index (Phi) is 6.78. The highest BCUT2D eigenvalue weighted by atomic mass is 16.3. The van der Waals surface area contributed by atoms with Crippen molar-refractivity contribution in [3.05, 3.63) is 34.9 Å². The summed E-state index contributed by atoms with van der Waals surface area (Å²) in [6.07, 6.45) is 0.859. The van der Waals surface area contributed by atoms with Crippen molar-refractivity contribution in [3.8, 4) is 11.8 Å². The Morgan fingerprint density at radius 1 is 1.40 bits per heavy atom. The normalized spacial score (nSPS) is 9.80. The van der Waals surface area contributed by atoms with Crippen molar-refractivity contribution in [3.63, 3.8) is 0 Å². The number of aryl methyl sites for hydroxylation is 1. The summed E-state index contributed by atoms with van der Waals surface area (Å²) in [5, 5.41) is 9.07. The Hall–Kier alpha value is -1.83. The largest absolute Gasteiger partial charge is 0.395 e. The van der Waals surface area contributed by atoms with Crippen LogP contribution >= 0.6 is 0 Å². The van der Waals surface area contributed by atoms with Crippen molar-refractivity contribution in [1.29, 1.82) is 0 Å². The van der Waals surface area contributed by atoms with Gasteiger partial charge in [0.05, 0.1) is 13.2 Å². The van der Waals surface area contributed by atoms with E-state index in [4.69, 9.17) is 10.8 Å². The zero-order valence-corrected chi connectivity index (χ0v) is 12.1. The second-order valence-corrected chi connectivity index (χ2v) is 4.55. The molecule has 0 saturated heterocycles. The Bertz CT molecular complexity index is 509. The Morgan fingerprint density at radius 3 is 2.75 bits per heavy atom. The molecular formula is C16H22N2O2. The molecule has 0 aliphatic rings. The molecule has 4 nitrogen and oxygen atoms in total. The Balaban J connectivity index is 3.06. The number of carbonyl (C=O) groups excluding carboxylic acids is 1. The van der Waals surface area contributed by atoms with Crippen LogP contribution in [0.1, 0.15) is 34.8 Å². The minimum Gasteiger partial charge on any atom is -0.395 e. The van der Waals surface area contributed by atoms with Crippen molar-refractivity contribution in [1.82, 2.24) is 4.90 Å². The molecule has 0 unspecified atom stereocenters. The lowest BCUT2D eigenvalue weighted by molar-refractivity contribution is 0.0721. The van der Waals surface area contributed by atoms with E-state index in [-0.39, 0.29) is 12.5 Å². The first-order chi connectivity index (χ1) is 9.63. The van der Waals surface area contributed by atoms with Crippen LogP contribution in [0, 0.1) is 18.8 Å². The van der Waals surface area contributed by atoms with E-state index in [1.807, 2.05) is 26.0 Å². The molecule has 0 heterocycles. The molecule has 0 saturated carbocycles. The number of nitrogens with two attached hydrogens (primary N) is 1. The van der Waals surface area contributed by atoms with Crippen LogP contribution in [0.5, 0.6) is 0 Å². The van der Waals surface area contributed by atoms with Crippen LogP contribution in [0.25, 0.3) is 0 Å². The van der Waals surface area contributed by atoms with Crippen LogP contribution in [0.4, 0.5) is 0 Å². The van der Waals surface area contributed by atoms with Gasteiger partial charge in [0.25, 0.3) is 5.91 Å². The summed E-state index contributed by atoms with van der Waals surface area (Å²) in [5.41, 5.74) is 7.68. The van der Waals surface area contributed by atoms with Gasteiger partial charge in [0.2, 0.25) is 0 Å². The third-order valence-corrected chi connectivity index (χ3v) is 2.95. The Morgan fingerprint density at radius 2 is 2.15 bits per heavy atom.